The highest BCUT2D eigenvalue weighted by Gasteiger charge is 2.35. The molecular formula is C78H78N13O14S8-9. The van der Waals surface area contributed by atoms with Crippen molar-refractivity contribution in [2.45, 2.75) is 108 Å². The standard InChI is InChI=1S/C14H10O2.C10H8O2.C9H11N3O2.C9H9NO.C8H11N3O2.C8H8N2O2.C6H9NOS2.C5H7NOS.C5H7NS3.C4H7NOS2/c1-8-13(15)11-6-9-4-2-3-5-10(9)7-12(11)14(8)16;1-6-9(11)7-4-2-3-5-8(7)10(6)12;1-6-4-7-9(14)10(2)5-12(7)11(3)8(6)13;1-7-6-8-4-2-3-5-10(8)9(7)11;1-5-7-9-4-3-6(12)11(7)10(2)8(5)13;1-4-5(2)7(11)10-8(12)6(4)9-3;1-3-7-5(8)4(2)10-6(7)9;1-3-5(7)6-4(2)8-3;1-3-4(7)6(2)5(8)9-3;1-3-4(6)5(2)8-7-3/h2-7,15H,1H3;2-5,11H,1H3;4-5H,1-3H3;2-6,11H,1H3;3-4,7,9,13H,1-2H3;1-2H3,(H2,10,11,12);8H,3H2,1-2H3;7H,1-2H3;7H,1-2H3;6H,1-2H3/p-9. The van der Waals surface area contributed by atoms with Crippen molar-refractivity contribution in [1.82, 2.24) is 52.3 Å². The van der Waals surface area contributed by atoms with Crippen LogP contribution < -0.4 is 67.0 Å². The van der Waals surface area contributed by atoms with Gasteiger partial charge in [-0.2, -0.15) is 4.68 Å². The Hall–Kier alpha value is -11.1. The van der Waals surface area contributed by atoms with Gasteiger partial charge >= 0.3 is 0 Å². The quantitative estimate of drug-likeness (QED) is 0.0393. The van der Waals surface area contributed by atoms with Gasteiger partial charge in [0.2, 0.25) is 0 Å². The first kappa shape index (κ1) is 89.1. The Kier molecular flexibility index (Phi) is 30.3. The maximum atomic E-state index is 11.8. The molecule has 0 bridgehead atoms. The number of benzene rings is 3. The van der Waals surface area contributed by atoms with E-state index in [2.05, 4.69) is 20.1 Å². The van der Waals surface area contributed by atoms with Crippen LogP contribution in [0.2, 0.25) is 0 Å². The minimum absolute atomic E-state index is 0.00657. The lowest BCUT2D eigenvalue weighted by Crippen LogP contribution is -2.52. The average molecular weight is 1680 g/mol. The van der Waals surface area contributed by atoms with Crippen LogP contribution >= 0.6 is 80.2 Å². The summed E-state index contributed by atoms with van der Waals surface area (Å²) in [6.45, 7) is 30.1. The van der Waals surface area contributed by atoms with E-state index in [0.717, 1.165) is 55.4 Å². The van der Waals surface area contributed by atoms with Crippen molar-refractivity contribution in [2.75, 3.05) is 14.1 Å². The zero-order chi connectivity index (χ0) is 84.2. The summed E-state index contributed by atoms with van der Waals surface area (Å²) < 4.78 is 12.7. The predicted octanol–water partition coefficient (Wildman–Crippen LogP) is 7.92. The summed E-state index contributed by atoms with van der Waals surface area (Å²) in [4.78, 5) is 69.4. The number of aryl methyl sites for hydroxylation is 8. The van der Waals surface area contributed by atoms with E-state index in [1.165, 1.54) is 69.8 Å². The predicted molar refractivity (Wildman–Crippen MR) is 434 cm³/mol. The molecule has 1 atom stereocenters. The highest BCUT2D eigenvalue weighted by atomic mass is 33.1. The summed E-state index contributed by atoms with van der Waals surface area (Å²) in [5.74, 6) is -1.10. The first-order valence-electron chi connectivity index (χ1n) is 34.0. The Bertz CT molecular complexity index is 5940. The van der Waals surface area contributed by atoms with Gasteiger partial charge in [0, 0.05) is 105 Å². The van der Waals surface area contributed by atoms with Gasteiger partial charge in [-0.25, -0.2) is 14.4 Å². The molecule has 3 aromatic carbocycles. The second kappa shape index (κ2) is 38.4. The second-order valence-electron chi connectivity index (χ2n) is 25.4. The largest absolute Gasteiger partial charge is 0.872 e. The van der Waals surface area contributed by atoms with Crippen molar-refractivity contribution in [3.8, 4) is 29.4 Å². The topological polar surface area (TPSA) is 375 Å². The molecule has 16 rings (SSSR count). The van der Waals surface area contributed by atoms with Crippen LogP contribution in [-0.4, -0.2) is 84.8 Å². The minimum Gasteiger partial charge on any atom is -0.872 e. The molecule has 8 aromatic heterocycles. The molecule has 11 aromatic rings. The van der Waals surface area contributed by atoms with Gasteiger partial charge in [0.15, 0.2) is 25.0 Å². The van der Waals surface area contributed by atoms with Crippen LogP contribution in [0.25, 0.3) is 38.2 Å². The number of aromatic amines is 1. The molecule has 35 heteroatoms. The van der Waals surface area contributed by atoms with Gasteiger partial charge in [-0.1, -0.05) is 71.1 Å². The maximum absolute atomic E-state index is 11.8. The lowest BCUT2D eigenvalue weighted by molar-refractivity contribution is -0.711. The SMILES string of the molecule is CC1=C([O-])N(C)N2C(=O)C=CNC12.CC1=C([O-])N(C)SS1.CC1=C([O-])c2cc3ccccc3cc2C1=O.CC1=C([O-])c2ccccc2C1=O.CCn1c([O-])c(C)sc1=S.Cc1cc2c([O-])[n+](C)cn2n(C)c1=O.Cc1cc2ccccn2c1[O-].Cc1nc([O-])c(C)s1.Cc1sc(=S)n(C)c1[S-].[C-]#[N+]c1c(C)c(C)c([O-])[nH]c1=O. The third-order valence-corrected chi connectivity index (χ3v) is 24.6. The summed E-state index contributed by atoms with van der Waals surface area (Å²) in [6, 6.07) is 27.5. The highest BCUT2D eigenvalue weighted by molar-refractivity contribution is 8.77. The summed E-state index contributed by atoms with van der Waals surface area (Å²) in [5, 5.41) is 110. The fourth-order valence-electron chi connectivity index (χ4n) is 11.0. The Morgan fingerprint density at radius 2 is 1.23 bits per heavy atom. The molecule has 2 N–H and O–H groups in total. The molecule has 1 unspecified atom stereocenters. The maximum Gasteiger partial charge on any atom is 0.284 e. The zero-order valence-corrected chi connectivity index (χ0v) is 71.2. The summed E-state index contributed by atoms with van der Waals surface area (Å²) in [6.07, 6.45) is 6.05. The fourth-order valence-corrected chi connectivity index (χ4v) is 16.4. The van der Waals surface area contributed by atoms with Gasteiger partial charge in [0.1, 0.15) is 12.0 Å². The van der Waals surface area contributed by atoms with Crippen molar-refractivity contribution in [3.63, 3.8) is 0 Å². The number of hydrogen-bond acceptors (Lipinski definition) is 26. The Morgan fingerprint density at radius 3 is 1.69 bits per heavy atom. The van der Waals surface area contributed by atoms with E-state index in [0.29, 0.717) is 71.7 Å². The molecule has 11 heterocycles. The lowest BCUT2D eigenvalue weighted by Gasteiger charge is -2.35. The molecule has 0 fully saturated rings. The number of aromatic nitrogens is 8. The number of carbonyl (C=O) groups excluding carboxylic acids is 3. The first-order valence-corrected chi connectivity index (χ1v) is 39.8. The average Bonchev–Trinajstić information content (AvgIpc) is 1.64. The molecular weight excluding hydrogens is 1600 g/mol. The lowest BCUT2D eigenvalue weighted by atomic mass is 10.0. The molecule has 27 nitrogen and oxygen atoms in total. The van der Waals surface area contributed by atoms with Gasteiger partial charge < -0.3 is 86.7 Å². The number of ketones is 2. The number of Topliss-reactive ketones (excluding diaryl/α,β-unsaturated/α-hetero) is 2. The van der Waals surface area contributed by atoms with Crippen molar-refractivity contribution in [2.24, 2.45) is 21.1 Å². The molecule has 0 saturated carbocycles. The van der Waals surface area contributed by atoms with Crippen LogP contribution in [0.15, 0.2) is 164 Å². The van der Waals surface area contributed by atoms with E-state index in [1.807, 2.05) is 94.8 Å². The van der Waals surface area contributed by atoms with Gasteiger partial charge in [0.05, 0.1) is 25.7 Å². The molecule has 3 aliphatic heterocycles. The number of nitrogens with zero attached hydrogens (tertiary/aromatic N) is 11. The number of allylic oxidation sites excluding steroid dienone is 3. The van der Waals surface area contributed by atoms with E-state index < -0.39 is 11.4 Å². The summed E-state index contributed by atoms with van der Waals surface area (Å²) in [7, 11) is 11.6. The van der Waals surface area contributed by atoms with Crippen molar-refractivity contribution in [3.05, 3.63) is 253 Å². The van der Waals surface area contributed by atoms with Gasteiger partial charge in [0.25, 0.3) is 29.0 Å². The number of carbonyl (C=O) groups is 3. The third-order valence-electron chi connectivity index (χ3n) is 17.6. The third kappa shape index (κ3) is 20.2. The number of amides is 1. The Labute approximate surface area is 687 Å². The van der Waals surface area contributed by atoms with Crippen LogP contribution in [0.3, 0.4) is 0 Å². The van der Waals surface area contributed by atoms with Gasteiger partial charge in [-0.05, 0) is 246 Å². The highest BCUT2D eigenvalue weighted by Crippen LogP contribution is 2.41. The molecule has 113 heavy (non-hydrogen) atoms. The molecule has 0 radical (unpaired) electrons. The molecule has 1 amide bonds. The smallest absolute Gasteiger partial charge is 0.284 e. The fraction of sp³-hybridized carbons (Fsp3) is 0.256. The molecule has 0 spiro atoms. The summed E-state index contributed by atoms with van der Waals surface area (Å²) >= 11 is 19.3. The number of hydrazine groups is 1. The van der Waals surface area contributed by atoms with Crippen LogP contribution in [0.1, 0.15) is 108 Å². The van der Waals surface area contributed by atoms with Crippen molar-refractivity contribution < 1.29 is 64.9 Å². The number of rotatable bonds is 1. The van der Waals surface area contributed by atoms with Crippen LogP contribution in [0.4, 0.5) is 5.69 Å². The number of pyridine rings is 2. The first-order chi connectivity index (χ1) is 53.1. The van der Waals surface area contributed by atoms with Crippen LogP contribution in [-0.2, 0) is 45.1 Å². The number of imidazole rings is 1. The number of thiazole rings is 3. The number of nitrogens with one attached hydrogen (secondary N) is 2. The molecule has 2 aliphatic carbocycles. The number of fused-ring (bicyclic) bond motifs is 6. The van der Waals surface area contributed by atoms with Crippen LogP contribution in [0, 0.1) is 69.9 Å². The van der Waals surface area contributed by atoms with Gasteiger partial charge in [-0.3, -0.25) is 34.0 Å². The van der Waals surface area contributed by atoms with Gasteiger partial charge in [-0.15, -0.1) is 38.5 Å². The normalized spacial score (nSPS) is 14.0. The van der Waals surface area contributed by atoms with Crippen LogP contribution in [0.5, 0.6) is 29.4 Å². The Morgan fingerprint density at radius 1 is 0.655 bits per heavy atom. The molecule has 596 valence electrons. The van der Waals surface area contributed by atoms with E-state index >= 15 is 0 Å². The molecule has 0 saturated heterocycles. The minimum atomic E-state index is -0.599. The Balaban J connectivity index is 0.000000175. The second-order valence-corrected chi connectivity index (χ2v) is 33.3. The van der Waals surface area contributed by atoms with Crippen molar-refractivity contribution in [1.29, 1.82) is 0 Å². The number of H-pyrrole nitrogens is 1. The summed E-state index contributed by atoms with van der Waals surface area (Å²) in [5.41, 5.74) is 6.55. The van der Waals surface area contributed by atoms with E-state index in [4.69, 9.17) is 43.6 Å². The molecule has 5 aliphatic rings. The number of hydrogen-bond donors (Lipinski definition) is 2. The van der Waals surface area contributed by atoms with Crippen molar-refractivity contribution >= 4 is 149 Å². The van der Waals surface area contributed by atoms with E-state index in [-0.39, 0.29) is 81.7 Å². The van der Waals surface area contributed by atoms with E-state index in [9.17, 15) is 69.9 Å². The zero-order valence-electron chi connectivity index (χ0n) is 64.7. The monoisotopic (exact) mass is 1680 g/mol. The van der Waals surface area contributed by atoms with E-state index in [1.54, 1.807) is 174 Å².